The molecule has 2 N–H and O–H groups in total. The van der Waals surface area contributed by atoms with Gasteiger partial charge in [-0.1, -0.05) is 6.07 Å². The summed E-state index contributed by atoms with van der Waals surface area (Å²) in [6.45, 7) is 1.42. The number of esters is 1. The molecule has 0 saturated carbocycles. The van der Waals surface area contributed by atoms with Crippen LogP contribution in [-0.2, 0) is 11.2 Å². The Morgan fingerprint density at radius 2 is 2.07 bits per heavy atom. The normalized spacial score (nSPS) is 11.7. The van der Waals surface area contributed by atoms with E-state index < -0.39 is 18.6 Å². The van der Waals surface area contributed by atoms with Gasteiger partial charge in [-0.25, -0.2) is 9.78 Å². The van der Waals surface area contributed by atoms with Crippen molar-refractivity contribution in [2.75, 3.05) is 25.6 Å². The minimum atomic E-state index is -4.26. The Kier molecular flexibility index (Phi) is 6.31. The van der Waals surface area contributed by atoms with E-state index in [1.54, 1.807) is 41.9 Å². The Labute approximate surface area is 171 Å². The number of halogens is 3. The zero-order valence-corrected chi connectivity index (χ0v) is 16.6. The number of pyridine rings is 1. The van der Waals surface area contributed by atoms with Crippen molar-refractivity contribution in [3.63, 3.8) is 0 Å². The molecule has 6 nitrogen and oxygen atoms in total. The molecule has 2 aromatic heterocycles. The van der Waals surface area contributed by atoms with Crippen molar-refractivity contribution in [1.29, 1.82) is 0 Å². The second-order valence-corrected chi connectivity index (χ2v) is 6.89. The number of rotatable bonds is 7. The number of ether oxygens (including phenoxy) is 1. The van der Waals surface area contributed by atoms with Crippen LogP contribution in [0.4, 0.5) is 18.9 Å². The minimum absolute atomic E-state index is 0.0928. The lowest BCUT2D eigenvalue weighted by molar-refractivity contribution is -0.131. The van der Waals surface area contributed by atoms with Crippen LogP contribution in [0.15, 0.2) is 36.7 Å². The van der Waals surface area contributed by atoms with E-state index in [0.717, 1.165) is 16.7 Å². The molecule has 0 fully saturated rings. The number of aryl methyl sites for hydroxylation is 1. The van der Waals surface area contributed by atoms with E-state index in [-0.39, 0.29) is 13.2 Å². The molecular formula is C21H22F3N3O3. The number of nitrogens with zero attached hydrogens (tertiary/aromatic N) is 2. The fraction of sp³-hybridized carbons (Fsp3) is 0.333. The minimum Gasteiger partial charge on any atom is -0.465 e. The average Bonchev–Trinajstić information content (AvgIpc) is 3.10. The maximum Gasteiger partial charge on any atom is 0.390 e. The van der Waals surface area contributed by atoms with E-state index in [0.29, 0.717) is 29.0 Å². The lowest BCUT2D eigenvalue weighted by Gasteiger charge is -2.13. The lowest BCUT2D eigenvalue weighted by atomic mass is 10.0. The van der Waals surface area contributed by atoms with E-state index in [2.05, 4.69) is 10.3 Å². The number of fused-ring (bicyclic) bond motifs is 1. The summed E-state index contributed by atoms with van der Waals surface area (Å²) in [5, 5.41) is 12.1. The first-order chi connectivity index (χ1) is 14.2. The number of alkyl halides is 3. The highest BCUT2D eigenvalue weighted by molar-refractivity contribution is 5.91. The first kappa shape index (κ1) is 21.6. The number of nitrogens with one attached hydrogen (secondary N) is 1. The van der Waals surface area contributed by atoms with Crippen molar-refractivity contribution >= 4 is 17.3 Å². The number of methoxy groups -OCH3 is 1. The zero-order valence-electron chi connectivity index (χ0n) is 16.6. The highest BCUT2D eigenvalue weighted by atomic mass is 19.4. The van der Waals surface area contributed by atoms with Crippen LogP contribution in [0.2, 0.25) is 0 Å². The average molecular weight is 421 g/mol. The molecule has 0 amide bonds. The summed E-state index contributed by atoms with van der Waals surface area (Å²) in [7, 11) is 1.32. The number of imidazole rings is 1. The number of hydrogen-bond acceptors (Lipinski definition) is 5. The van der Waals surface area contributed by atoms with Gasteiger partial charge in [0.25, 0.3) is 0 Å². The van der Waals surface area contributed by atoms with Crippen LogP contribution in [0.3, 0.4) is 0 Å². The van der Waals surface area contributed by atoms with Gasteiger partial charge in [0, 0.05) is 24.9 Å². The molecule has 0 aliphatic heterocycles. The number of carbonyl (C=O) groups excluding carboxylic acids is 1. The van der Waals surface area contributed by atoms with E-state index >= 15 is 0 Å². The van der Waals surface area contributed by atoms with Gasteiger partial charge in [0.2, 0.25) is 0 Å². The van der Waals surface area contributed by atoms with E-state index in [9.17, 15) is 23.1 Å². The number of aliphatic hydroxyl groups excluding tert-OH is 1. The number of benzene rings is 1. The molecule has 0 atom stereocenters. The predicted molar refractivity (Wildman–Crippen MR) is 107 cm³/mol. The van der Waals surface area contributed by atoms with Crippen molar-refractivity contribution in [3.8, 4) is 11.3 Å². The standard InChI is InChI=1S/C21H22F3N3O3/c1-13-9-15(3-4-16(13)20(29)30-2)18-11-26-19-17(25-7-6-21(22,23)24)10-14(5-8-28)12-27(18)19/h3-4,9-12,25,28H,5-8H2,1-2H3. The van der Waals surface area contributed by atoms with Crippen LogP contribution in [-0.4, -0.2) is 46.9 Å². The quantitative estimate of drug-likeness (QED) is 0.564. The maximum absolute atomic E-state index is 12.5. The van der Waals surface area contributed by atoms with Crippen LogP contribution >= 0.6 is 0 Å². The van der Waals surface area contributed by atoms with Crippen molar-refractivity contribution < 1.29 is 27.8 Å². The highest BCUT2D eigenvalue weighted by Crippen LogP contribution is 2.28. The predicted octanol–water partition coefficient (Wildman–Crippen LogP) is 4.00. The number of aromatic nitrogens is 2. The van der Waals surface area contributed by atoms with Crippen LogP contribution in [0.5, 0.6) is 0 Å². The van der Waals surface area contributed by atoms with Gasteiger partial charge in [-0.05, 0) is 42.7 Å². The molecule has 0 aliphatic carbocycles. The summed E-state index contributed by atoms with van der Waals surface area (Å²) in [4.78, 5) is 16.2. The molecule has 160 valence electrons. The third-order valence-corrected chi connectivity index (χ3v) is 4.71. The molecule has 9 heteroatoms. The maximum atomic E-state index is 12.5. The van der Waals surface area contributed by atoms with Crippen LogP contribution < -0.4 is 5.32 Å². The van der Waals surface area contributed by atoms with Gasteiger partial charge in [0.1, 0.15) is 0 Å². The molecule has 0 aliphatic rings. The van der Waals surface area contributed by atoms with E-state index in [1.165, 1.54) is 7.11 Å². The molecule has 3 rings (SSSR count). The molecule has 0 unspecified atom stereocenters. The summed E-state index contributed by atoms with van der Waals surface area (Å²) in [6, 6.07) is 6.95. The van der Waals surface area contributed by atoms with Crippen LogP contribution in [0.1, 0.15) is 27.9 Å². The van der Waals surface area contributed by atoms with Gasteiger partial charge in [-0.15, -0.1) is 0 Å². The summed E-state index contributed by atoms with van der Waals surface area (Å²) < 4.78 is 44.1. The summed E-state index contributed by atoms with van der Waals surface area (Å²) >= 11 is 0. The van der Waals surface area contributed by atoms with Crippen molar-refractivity contribution in [3.05, 3.63) is 53.3 Å². The molecule has 0 bridgehead atoms. The van der Waals surface area contributed by atoms with Gasteiger partial charge in [-0.2, -0.15) is 13.2 Å². The van der Waals surface area contributed by atoms with Crippen molar-refractivity contribution in [2.24, 2.45) is 0 Å². The number of hydrogen-bond donors (Lipinski definition) is 2. The van der Waals surface area contributed by atoms with Gasteiger partial charge in [0.05, 0.1) is 36.7 Å². The van der Waals surface area contributed by atoms with Crippen LogP contribution in [0.25, 0.3) is 16.9 Å². The number of carbonyl (C=O) groups is 1. The van der Waals surface area contributed by atoms with Gasteiger partial charge in [-0.3, -0.25) is 4.40 Å². The fourth-order valence-electron chi connectivity index (χ4n) is 3.25. The Morgan fingerprint density at radius 3 is 2.70 bits per heavy atom. The van der Waals surface area contributed by atoms with Crippen molar-refractivity contribution in [2.45, 2.75) is 25.9 Å². The first-order valence-electron chi connectivity index (χ1n) is 9.34. The first-order valence-corrected chi connectivity index (χ1v) is 9.34. The molecule has 3 aromatic rings. The largest absolute Gasteiger partial charge is 0.465 e. The third kappa shape index (κ3) is 4.73. The number of anilines is 1. The summed E-state index contributed by atoms with van der Waals surface area (Å²) in [5.41, 5.74) is 4.36. The Bertz CT molecular complexity index is 1060. The molecule has 1 aromatic carbocycles. The molecule has 0 saturated heterocycles. The van der Waals surface area contributed by atoms with Gasteiger partial charge < -0.3 is 15.2 Å². The SMILES string of the molecule is COC(=O)c1ccc(-c2cnc3c(NCCC(F)(F)F)cc(CCO)cn23)cc1C. The second-order valence-electron chi connectivity index (χ2n) is 6.89. The zero-order chi connectivity index (χ0) is 21.9. The highest BCUT2D eigenvalue weighted by Gasteiger charge is 2.26. The number of aliphatic hydroxyl groups is 1. The van der Waals surface area contributed by atoms with E-state index in [1.807, 2.05) is 6.07 Å². The topological polar surface area (TPSA) is 75.9 Å². The Morgan fingerprint density at radius 1 is 1.30 bits per heavy atom. The Balaban J connectivity index is 2.02. The molecule has 0 radical (unpaired) electrons. The lowest BCUT2D eigenvalue weighted by Crippen LogP contribution is -2.15. The van der Waals surface area contributed by atoms with Gasteiger partial charge in [0.15, 0.2) is 5.65 Å². The monoisotopic (exact) mass is 421 g/mol. The van der Waals surface area contributed by atoms with E-state index in [4.69, 9.17) is 4.74 Å². The molecule has 30 heavy (non-hydrogen) atoms. The molecular weight excluding hydrogens is 399 g/mol. The summed E-state index contributed by atoms with van der Waals surface area (Å²) in [5.74, 6) is -0.432. The molecule has 0 spiro atoms. The summed E-state index contributed by atoms with van der Waals surface area (Å²) in [6.07, 6.45) is -1.45. The fourth-order valence-corrected chi connectivity index (χ4v) is 3.25. The third-order valence-electron chi connectivity index (χ3n) is 4.71. The molecule has 2 heterocycles. The Hall–Kier alpha value is -3.07. The van der Waals surface area contributed by atoms with Gasteiger partial charge >= 0.3 is 12.1 Å². The van der Waals surface area contributed by atoms with Crippen LogP contribution in [0, 0.1) is 6.92 Å². The smallest absolute Gasteiger partial charge is 0.390 e. The second kappa shape index (κ2) is 8.74. The van der Waals surface area contributed by atoms with Crippen molar-refractivity contribution in [1.82, 2.24) is 9.38 Å².